The molecule has 4 heteroatoms. The van der Waals surface area contributed by atoms with Crippen LogP contribution in [0.5, 0.6) is 5.75 Å². The fourth-order valence-corrected chi connectivity index (χ4v) is 3.12. The molecule has 0 aliphatic heterocycles. The zero-order chi connectivity index (χ0) is 20.9. The maximum atomic E-state index is 12.1. The third-order valence-corrected chi connectivity index (χ3v) is 5.33. The standard InChI is InChI=1S/C25H29NO3/c1-5-18(2)26-24(27)23-16-15-22(29-23)17-28-21-13-11-20(12-14-21)25(3,4)19-9-7-6-8-10-19/h6-16,18H,5,17H2,1-4H3,(H,26,27). The van der Waals surface area contributed by atoms with Crippen molar-refractivity contribution in [2.45, 2.75) is 52.2 Å². The van der Waals surface area contributed by atoms with E-state index in [0.29, 0.717) is 11.5 Å². The van der Waals surface area contributed by atoms with E-state index in [0.717, 1.165) is 12.2 Å². The van der Waals surface area contributed by atoms with Gasteiger partial charge in [-0.25, -0.2) is 0 Å². The number of rotatable bonds is 8. The molecule has 3 rings (SSSR count). The Morgan fingerprint density at radius 2 is 1.66 bits per heavy atom. The lowest BCUT2D eigenvalue weighted by molar-refractivity contribution is 0.0907. The largest absolute Gasteiger partial charge is 0.486 e. The molecule has 0 aliphatic carbocycles. The molecule has 0 saturated carbocycles. The molecule has 0 aliphatic rings. The molecule has 1 N–H and O–H groups in total. The van der Waals surface area contributed by atoms with E-state index in [-0.39, 0.29) is 24.0 Å². The summed E-state index contributed by atoms with van der Waals surface area (Å²) >= 11 is 0. The van der Waals surface area contributed by atoms with Crippen molar-refractivity contribution >= 4 is 5.91 Å². The molecular formula is C25H29NO3. The molecule has 1 heterocycles. The van der Waals surface area contributed by atoms with Crippen molar-refractivity contribution in [3.05, 3.63) is 89.4 Å². The summed E-state index contributed by atoms with van der Waals surface area (Å²) in [5, 5.41) is 2.89. The third kappa shape index (κ3) is 5.08. The molecule has 0 bridgehead atoms. The van der Waals surface area contributed by atoms with Gasteiger partial charge >= 0.3 is 0 Å². The average Bonchev–Trinajstić information content (AvgIpc) is 3.22. The van der Waals surface area contributed by atoms with Crippen LogP contribution in [-0.2, 0) is 12.0 Å². The first kappa shape index (κ1) is 20.7. The number of carbonyl (C=O) groups excluding carboxylic acids is 1. The monoisotopic (exact) mass is 391 g/mol. The van der Waals surface area contributed by atoms with E-state index in [4.69, 9.17) is 9.15 Å². The average molecular weight is 392 g/mol. The van der Waals surface area contributed by atoms with E-state index in [2.05, 4.69) is 55.6 Å². The van der Waals surface area contributed by atoms with E-state index >= 15 is 0 Å². The van der Waals surface area contributed by atoms with E-state index < -0.39 is 0 Å². The van der Waals surface area contributed by atoms with Gasteiger partial charge in [0.25, 0.3) is 5.91 Å². The number of hydrogen-bond acceptors (Lipinski definition) is 3. The number of nitrogens with one attached hydrogen (secondary N) is 1. The van der Waals surface area contributed by atoms with Crippen LogP contribution in [0.2, 0.25) is 0 Å². The molecule has 1 unspecified atom stereocenters. The Hall–Kier alpha value is -3.01. The predicted molar refractivity (Wildman–Crippen MR) is 115 cm³/mol. The Kier molecular flexibility index (Phi) is 6.42. The molecule has 1 aromatic heterocycles. The SMILES string of the molecule is CCC(C)NC(=O)c1ccc(COc2ccc(C(C)(C)c3ccccc3)cc2)o1. The number of carbonyl (C=O) groups is 1. The minimum Gasteiger partial charge on any atom is -0.486 e. The minimum atomic E-state index is -0.196. The van der Waals surface area contributed by atoms with Crippen LogP contribution >= 0.6 is 0 Å². The van der Waals surface area contributed by atoms with Gasteiger partial charge in [-0.05, 0) is 48.7 Å². The summed E-state index contributed by atoms with van der Waals surface area (Å²) in [7, 11) is 0. The van der Waals surface area contributed by atoms with Gasteiger partial charge in [-0.2, -0.15) is 0 Å². The van der Waals surface area contributed by atoms with Crippen LogP contribution in [0, 0.1) is 0 Å². The van der Waals surface area contributed by atoms with Crippen molar-refractivity contribution in [2.75, 3.05) is 0 Å². The van der Waals surface area contributed by atoms with Crippen molar-refractivity contribution in [3.8, 4) is 5.75 Å². The highest BCUT2D eigenvalue weighted by Gasteiger charge is 2.22. The van der Waals surface area contributed by atoms with Crippen LogP contribution in [0.1, 0.15) is 61.6 Å². The van der Waals surface area contributed by atoms with E-state index in [1.54, 1.807) is 12.1 Å². The maximum absolute atomic E-state index is 12.1. The molecule has 4 nitrogen and oxygen atoms in total. The summed E-state index contributed by atoms with van der Waals surface area (Å²) in [6.45, 7) is 8.70. The molecule has 1 atom stereocenters. The minimum absolute atomic E-state index is 0.0846. The summed E-state index contributed by atoms with van der Waals surface area (Å²) in [4.78, 5) is 12.1. The fourth-order valence-electron chi connectivity index (χ4n) is 3.12. The highest BCUT2D eigenvalue weighted by Crippen LogP contribution is 2.32. The Bertz CT molecular complexity index is 926. The van der Waals surface area contributed by atoms with E-state index in [1.807, 2.05) is 32.0 Å². The van der Waals surface area contributed by atoms with Gasteiger partial charge in [0.05, 0.1) is 0 Å². The summed E-state index contributed by atoms with van der Waals surface area (Å²) in [5.74, 6) is 1.49. The quantitative estimate of drug-likeness (QED) is 0.535. The molecule has 1 amide bonds. The Balaban J connectivity index is 1.60. The zero-order valence-corrected chi connectivity index (χ0v) is 17.6. The fraction of sp³-hybridized carbons (Fsp3) is 0.320. The lowest BCUT2D eigenvalue weighted by Crippen LogP contribution is -2.31. The summed E-state index contributed by atoms with van der Waals surface area (Å²) < 4.78 is 11.4. The third-order valence-electron chi connectivity index (χ3n) is 5.33. The second-order valence-electron chi connectivity index (χ2n) is 7.85. The Morgan fingerprint density at radius 3 is 2.31 bits per heavy atom. The van der Waals surface area contributed by atoms with Crippen molar-refractivity contribution in [3.63, 3.8) is 0 Å². The second-order valence-corrected chi connectivity index (χ2v) is 7.85. The number of hydrogen-bond donors (Lipinski definition) is 1. The molecule has 29 heavy (non-hydrogen) atoms. The van der Waals surface area contributed by atoms with Gasteiger partial charge in [0.1, 0.15) is 18.1 Å². The number of furan rings is 1. The highest BCUT2D eigenvalue weighted by atomic mass is 16.5. The van der Waals surface area contributed by atoms with E-state index in [1.165, 1.54) is 11.1 Å². The molecule has 0 radical (unpaired) electrons. The van der Waals surface area contributed by atoms with Crippen molar-refractivity contribution < 1.29 is 13.9 Å². The van der Waals surface area contributed by atoms with Gasteiger partial charge in [-0.1, -0.05) is 63.2 Å². The molecule has 0 saturated heterocycles. The highest BCUT2D eigenvalue weighted by molar-refractivity contribution is 5.91. The normalized spacial score (nSPS) is 12.4. The van der Waals surface area contributed by atoms with Gasteiger partial charge in [-0.15, -0.1) is 0 Å². The van der Waals surface area contributed by atoms with E-state index in [9.17, 15) is 4.79 Å². The van der Waals surface area contributed by atoms with Gasteiger partial charge in [0.2, 0.25) is 0 Å². The summed E-state index contributed by atoms with van der Waals surface area (Å²) in [6.07, 6.45) is 0.874. The first-order valence-electron chi connectivity index (χ1n) is 10.1. The van der Waals surface area contributed by atoms with Crippen LogP contribution < -0.4 is 10.1 Å². The topological polar surface area (TPSA) is 51.5 Å². The smallest absolute Gasteiger partial charge is 0.287 e. The molecule has 2 aromatic carbocycles. The molecular weight excluding hydrogens is 362 g/mol. The van der Waals surface area contributed by atoms with Gasteiger partial charge in [0, 0.05) is 11.5 Å². The summed E-state index contributed by atoms with van der Waals surface area (Å²) in [6, 6.07) is 22.2. The van der Waals surface area contributed by atoms with Crippen LogP contribution in [0.4, 0.5) is 0 Å². The zero-order valence-electron chi connectivity index (χ0n) is 17.6. The summed E-state index contributed by atoms with van der Waals surface area (Å²) in [5.41, 5.74) is 2.41. The predicted octanol–water partition coefficient (Wildman–Crippen LogP) is 5.71. The van der Waals surface area contributed by atoms with Crippen LogP contribution in [0.15, 0.2) is 71.1 Å². The second kappa shape index (κ2) is 8.99. The van der Waals surface area contributed by atoms with Crippen LogP contribution in [0.3, 0.4) is 0 Å². The molecule has 0 spiro atoms. The Morgan fingerprint density at radius 1 is 1.00 bits per heavy atom. The first-order valence-corrected chi connectivity index (χ1v) is 10.1. The number of amides is 1. The van der Waals surface area contributed by atoms with Gasteiger partial charge in [-0.3, -0.25) is 4.79 Å². The number of benzene rings is 2. The Labute approximate surface area is 172 Å². The lowest BCUT2D eigenvalue weighted by Gasteiger charge is -2.26. The molecule has 0 fully saturated rings. The lowest BCUT2D eigenvalue weighted by atomic mass is 9.78. The first-order chi connectivity index (χ1) is 13.9. The number of ether oxygens (including phenoxy) is 1. The molecule has 3 aromatic rings. The maximum Gasteiger partial charge on any atom is 0.287 e. The molecule has 152 valence electrons. The van der Waals surface area contributed by atoms with Gasteiger partial charge < -0.3 is 14.5 Å². The van der Waals surface area contributed by atoms with Crippen LogP contribution in [0.25, 0.3) is 0 Å². The van der Waals surface area contributed by atoms with Crippen molar-refractivity contribution in [1.82, 2.24) is 5.32 Å². The van der Waals surface area contributed by atoms with Gasteiger partial charge in [0.15, 0.2) is 5.76 Å². The van der Waals surface area contributed by atoms with Crippen molar-refractivity contribution in [1.29, 1.82) is 0 Å². The van der Waals surface area contributed by atoms with Crippen molar-refractivity contribution in [2.24, 2.45) is 0 Å². The van der Waals surface area contributed by atoms with Crippen LogP contribution in [-0.4, -0.2) is 11.9 Å².